The molecule has 0 aliphatic rings. The number of para-hydroxylation sites is 1. The first-order valence-corrected chi connectivity index (χ1v) is 7.12. The minimum atomic E-state index is -0.634. The number of hydrogen-bond acceptors (Lipinski definition) is 2. The summed E-state index contributed by atoms with van der Waals surface area (Å²) in [5, 5.41) is 11.1. The Hall–Kier alpha value is -1.51. The van der Waals surface area contributed by atoms with Crippen molar-refractivity contribution in [2.24, 2.45) is 0 Å². The summed E-state index contributed by atoms with van der Waals surface area (Å²) in [6, 6.07) is 15.1. The van der Waals surface area contributed by atoms with Crippen LogP contribution in [0.2, 0.25) is 5.02 Å². The predicted molar refractivity (Wildman–Crippen MR) is 82.3 cm³/mol. The highest BCUT2D eigenvalue weighted by atomic mass is 35.5. The summed E-state index contributed by atoms with van der Waals surface area (Å²) in [6.07, 6.45) is -0.0912. The van der Waals surface area contributed by atoms with Gasteiger partial charge >= 0.3 is 0 Å². The Bertz CT molecular complexity index is 566. The molecule has 3 heteroatoms. The first-order chi connectivity index (χ1) is 9.58. The SMILES string of the molecule is CC(C)Oc1ccccc1C(O)Cc1ccccc1Cl. The number of aliphatic hydroxyl groups is 1. The molecule has 1 N–H and O–H groups in total. The minimum Gasteiger partial charge on any atom is -0.491 e. The van der Waals surface area contributed by atoms with E-state index in [1.165, 1.54) is 0 Å². The van der Waals surface area contributed by atoms with Gasteiger partial charge in [0.15, 0.2) is 0 Å². The van der Waals surface area contributed by atoms with Crippen LogP contribution in [0, 0.1) is 0 Å². The van der Waals surface area contributed by atoms with Crippen LogP contribution >= 0.6 is 11.6 Å². The second kappa shape index (κ2) is 6.78. The average Bonchev–Trinajstić information content (AvgIpc) is 2.41. The van der Waals surface area contributed by atoms with Crippen LogP contribution in [0.3, 0.4) is 0 Å². The Balaban J connectivity index is 2.21. The second-order valence-corrected chi connectivity index (χ2v) is 5.42. The average molecular weight is 291 g/mol. The van der Waals surface area contributed by atoms with Gasteiger partial charge in [0.2, 0.25) is 0 Å². The molecule has 0 aromatic heterocycles. The third-order valence-corrected chi connectivity index (χ3v) is 3.38. The summed E-state index contributed by atoms with van der Waals surface area (Å²) < 4.78 is 5.74. The van der Waals surface area contributed by atoms with E-state index in [4.69, 9.17) is 16.3 Å². The van der Waals surface area contributed by atoms with E-state index in [0.29, 0.717) is 11.4 Å². The maximum Gasteiger partial charge on any atom is 0.125 e. The third kappa shape index (κ3) is 3.75. The zero-order valence-corrected chi connectivity index (χ0v) is 12.5. The normalized spacial score (nSPS) is 12.4. The Morgan fingerprint density at radius 1 is 1.05 bits per heavy atom. The topological polar surface area (TPSA) is 29.5 Å². The first-order valence-electron chi connectivity index (χ1n) is 6.75. The summed E-state index contributed by atoms with van der Waals surface area (Å²) in [7, 11) is 0. The standard InChI is InChI=1S/C17H19ClO2/c1-12(2)20-17-10-6-4-8-14(17)16(19)11-13-7-3-5-9-15(13)18/h3-10,12,16,19H,11H2,1-2H3. The smallest absolute Gasteiger partial charge is 0.125 e. The van der Waals surface area contributed by atoms with Crippen molar-refractivity contribution in [2.45, 2.75) is 32.5 Å². The van der Waals surface area contributed by atoms with Gasteiger partial charge in [-0.25, -0.2) is 0 Å². The van der Waals surface area contributed by atoms with Gasteiger partial charge in [0.1, 0.15) is 5.75 Å². The van der Waals surface area contributed by atoms with Crippen molar-refractivity contribution in [3.05, 3.63) is 64.7 Å². The van der Waals surface area contributed by atoms with Crippen molar-refractivity contribution < 1.29 is 9.84 Å². The Labute approximate surface area is 125 Å². The lowest BCUT2D eigenvalue weighted by Gasteiger charge is -2.18. The van der Waals surface area contributed by atoms with Crippen molar-refractivity contribution in [3.63, 3.8) is 0 Å². The molecule has 1 unspecified atom stereocenters. The molecule has 0 aliphatic heterocycles. The fraction of sp³-hybridized carbons (Fsp3) is 0.294. The van der Waals surface area contributed by atoms with Gasteiger partial charge in [0.05, 0.1) is 12.2 Å². The third-order valence-electron chi connectivity index (χ3n) is 3.01. The lowest BCUT2D eigenvalue weighted by molar-refractivity contribution is 0.166. The molecule has 2 rings (SSSR count). The van der Waals surface area contributed by atoms with Crippen molar-refractivity contribution in [2.75, 3.05) is 0 Å². The van der Waals surface area contributed by atoms with Gasteiger partial charge < -0.3 is 9.84 Å². The molecule has 0 saturated heterocycles. The van der Waals surface area contributed by atoms with E-state index < -0.39 is 6.10 Å². The Kier molecular flexibility index (Phi) is 5.05. The highest BCUT2D eigenvalue weighted by Gasteiger charge is 2.15. The van der Waals surface area contributed by atoms with Gasteiger partial charge in [-0.05, 0) is 31.5 Å². The zero-order valence-electron chi connectivity index (χ0n) is 11.7. The largest absolute Gasteiger partial charge is 0.491 e. The maximum absolute atomic E-state index is 10.5. The summed E-state index contributed by atoms with van der Waals surface area (Å²) in [5.74, 6) is 0.724. The maximum atomic E-state index is 10.5. The van der Waals surface area contributed by atoms with E-state index >= 15 is 0 Å². The molecule has 20 heavy (non-hydrogen) atoms. The summed E-state index contributed by atoms with van der Waals surface area (Å²) in [6.45, 7) is 3.94. The van der Waals surface area contributed by atoms with Gasteiger partial charge in [-0.2, -0.15) is 0 Å². The Morgan fingerprint density at radius 3 is 2.40 bits per heavy atom. The van der Waals surface area contributed by atoms with Crippen molar-refractivity contribution in [1.82, 2.24) is 0 Å². The molecule has 0 aliphatic carbocycles. The molecular formula is C17H19ClO2. The Morgan fingerprint density at radius 2 is 1.70 bits per heavy atom. The number of ether oxygens (including phenoxy) is 1. The molecule has 0 amide bonds. The number of benzene rings is 2. The van der Waals surface area contributed by atoms with Crippen LogP contribution in [0.5, 0.6) is 5.75 Å². The number of aliphatic hydroxyl groups excluding tert-OH is 1. The minimum absolute atomic E-state index is 0.0728. The molecule has 2 nitrogen and oxygen atoms in total. The molecular weight excluding hydrogens is 272 g/mol. The van der Waals surface area contributed by atoms with Gasteiger partial charge in [-0.3, -0.25) is 0 Å². The van der Waals surface area contributed by atoms with E-state index in [0.717, 1.165) is 16.9 Å². The summed E-state index contributed by atoms with van der Waals surface area (Å²) in [4.78, 5) is 0. The second-order valence-electron chi connectivity index (χ2n) is 5.02. The molecule has 0 bridgehead atoms. The molecule has 2 aromatic rings. The molecule has 0 heterocycles. The van der Waals surface area contributed by atoms with Crippen molar-refractivity contribution in [3.8, 4) is 5.75 Å². The molecule has 106 valence electrons. The molecule has 0 fully saturated rings. The zero-order chi connectivity index (χ0) is 14.5. The van der Waals surface area contributed by atoms with Crippen LogP contribution in [0.25, 0.3) is 0 Å². The molecule has 0 radical (unpaired) electrons. The highest BCUT2D eigenvalue weighted by molar-refractivity contribution is 6.31. The summed E-state index contributed by atoms with van der Waals surface area (Å²) in [5.41, 5.74) is 1.72. The summed E-state index contributed by atoms with van der Waals surface area (Å²) >= 11 is 6.14. The fourth-order valence-electron chi connectivity index (χ4n) is 2.10. The van der Waals surface area contributed by atoms with Crippen LogP contribution in [-0.2, 0) is 6.42 Å². The molecule has 0 saturated carbocycles. The molecule has 1 atom stereocenters. The van der Waals surface area contributed by atoms with Gasteiger partial charge in [-0.15, -0.1) is 0 Å². The van der Waals surface area contributed by atoms with E-state index in [-0.39, 0.29) is 6.10 Å². The van der Waals surface area contributed by atoms with E-state index in [2.05, 4.69) is 0 Å². The van der Waals surface area contributed by atoms with Crippen LogP contribution < -0.4 is 4.74 Å². The van der Waals surface area contributed by atoms with E-state index in [9.17, 15) is 5.11 Å². The fourth-order valence-corrected chi connectivity index (χ4v) is 2.31. The first kappa shape index (κ1) is 14.9. The number of halogens is 1. The number of hydrogen-bond donors (Lipinski definition) is 1. The van der Waals surface area contributed by atoms with Crippen LogP contribution in [0.1, 0.15) is 31.1 Å². The molecule has 0 spiro atoms. The van der Waals surface area contributed by atoms with Gasteiger partial charge in [0, 0.05) is 17.0 Å². The lowest BCUT2D eigenvalue weighted by atomic mass is 10.0. The van der Waals surface area contributed by atoms with Crippen LogP contribution in [-0.4, -0.2) is 11.2 Å². The van der Waals surface area contributed by atoms with Crippen LogP contribution in [0.4, 0.5) is 0 Å². The molecule has 2 aromatic carbocycles. The van der Waals surface area contributed by atoms with Crippen molar-refractivity contribution >= 4 is 11.6 Å². The quantitative estimate of drug-likeness (QED) is 0.884. The van der Waals surface area contributed by atoms with E-state index in [1.807, 2.05) is 62.4 Å². The van der Waals surface area contributed by atoms with E-state index in [1.54, 1.807) is 0 Å². The number of rotatable bonds is 5. The van der Waals surface area contributed by atoms with Crippen LogP contribution in [0.15, 0.2) is 48.5 Å². The highest BCUT2D eigenvalue weighted by Crippen LogP contribution is 2.30. The van der Waals surface area contributed by atoms with Crippen molar-refractivity contribution in [1.29, 1.82) is 0 Å². The van der Waals surface area contributed by atoms with Gasteiger partial charge in [0.25, 0.3) is 0 Å². The van der Waals surface area contributed by atoms with Gasteiger partial charge in [-0.1, -0.05) is 48.0 Å². The lowest BCUT2D eigenvalue weighted by Crippen LogP contribution is -2.10. The monoisotopic (exact) mass is 290 g/mol. The predicted octanol–water partition coefficient (Wildman–Crippen LogP) is 4.40.